The lowest BCUT2D eigenvalue weighted by Gasteiger charge is -2.17. The Labute approximate surface area is 82.9 Å². The molecular formula is C8H17NO3S. The molecule has 0 aromatic rings. The number of carbonyl (C=O) groups is 1. The summed E-state index contributed by atoms with van der Waals surface area (Å²) in [6, 6.07) is 0. The van der Waals surface area contributed by atoms with Gasteiger partial charge in [0.15, 0.2) is 5.60 Å². The first-order chi connectivity index (χ1) is 5.86. The van der Waals surface area contributed by atoms with Crippen molar-refractivity contribution in [1.29, 1.82) is 0 Å². The zero-order valence-electron chi connectivity index (χ0n) is 8.28. The second-order valence-corrected chi connectivity index (χ2v) is 4.54. The maximum absolute atomic E-state index is 10.5. The number of hydrogen-bond acceptors (Lipinski definition) is 4. The topological polar surface area (TPSA) is 60.8 Å². The number of aliphatic carboxylic acids is 1. The van der Waals surface area contributed by atoms with Gasteiger partial charge in [-0.2, -0.15) is 11.8 Å². The minimum atomic E-state index is -1.60. The number of hydrogen-bond donors (Lipinski definition) is 2. The zero-order chi connectivity index (χ0) is 10.5. The quantitative estimate of drug-likeness (QED) is 0.606. The summed E-state index contributed by atoms with van der Waals surface area (Å²) in [5.41, 5.74) is -1.60. The monoisotopic (exact) mass is 207 g/mol. The average Bonchev–Trinajstić information content (AvgIpc) is 1.97. The van der Waals surface area contributed by atoms with Crippen molar-refractivity contribution < 1.29 is 15.0 Å². The molecule has 5 heteroatoms. The van der Waals surface area contributed by atoms with Crippen molar-refractivity contribution in [3.63, 3.8) is 0 Å². The van der Waals surface area contributed by atoms with Crippen LogP contribution < -0.4 is 0 Å². The summed E-state index contributed by atoms with van der Waals surface area (Å²) in [5.74, 6) is -0.100. The fourth-order valence-corrected chi connectivity index (χ4v) is 1.74. The van der Waals surface area contributed by atoms with Crippen LogP contribution >= 0.6 is 11.8 Å². The van der Waals surface area contributed by atoms with E-state index < -0.39 is 11.6 Å². The first-order valence-corrected chi connectivity index (χ1v) is 5.20. The Bertz CT molecular complexity index is 171. The molecule has 4 nitrogen and oxygen atoms in total. The molecule has 1 unspecified atom stereocenters. The summed E-state index contributed by atoms with van der Waals surface area (Å²) in [7, 11) is 3.91. The van der Waals surface area contributed by atoms with Gasteiger partial charge in [0.2, 0.25) is 0 Å². The van der Waals surface area contributed by atoms with E-state index in [0.717, 1.165) is 12.3 Å². The summed E-state index contributed by atoms with van der Waals surface area (Å²) in [6.07, 6.45) is 0. The van der Waals surface area contributed by atoms with Crippen LogP contribution in [0.15, 0.2) is 0 Å². The molecule has 0 heterocycles. The molecule has 0 amide bonds. The molecule has 0 saturated carbocycles. The van der Waals surface area contributed by atoms with Crippen molar-refractivity contribution in [2.45, 2.75) is 12.5 Å². The Morgan fingerprint density at radius 1 is 1.54 bits per heavy atom. The molecule has 0 aliphatic carbocycles. The minimum Gasteiger partial charge on any atom is -0.479 e. The lowest BCUT2D eigenvalue weighted by atomic mass is 10.1. The summed E-state index contributed by atoms with van der Waals surface area (Å²) in [5, 5.41) is 17.9. The fraction of sp³-hybridized carbons (Fsp3) is 0.875. The van der Waals surface area contributed by atoms with Gasteiger partial charge in [0, 0.05) is 18.1 Å². The van der Waals surface area contributed by atoms with Crippen molar-refractivity contribution in [3.05, 3.63) is 0 Å². The highest BCUT2D eigenvalue weighted by molar-refractivity contribution is 7.99. The lowest BCUT2D eigenvalue weighted by Crippen LogP contribution is -2.37. The van der Waals surface area contributed by atoms with Gasteiger partial charge in [-0.3, -0.25) is 0 Å². The number of nitrogens with zero attached hydrogens (tertiary/aromatic N) is 1. The Morgan fingerprint density at radius 2 is 2.08 bits per heavy atom. The predicted octanol–water partition coefficient (Wildman–Crippen LogP) is 0.117. The third-order valence-corrected chi connectivity index (χ3v) is 2.76. The first-order valence-electron chi connectivity index (χ1n) is 4.04. The van der Waals surface area contributed by atoms with Gasteiger partial charge in [0.25, 0.3) is 0 Å². The number of rotatable bonds is 6. The van der Waals surface area contributed by atoms with Gasteiger partial charge in [-0.15, -0.1) is 0 Å². The van der Waals surface area contributed by atoms with Gasteiger partial charge in [-0.05, 0) is 21.0 Å². The van der Waals surface area contributed by atoms with E-state index in [4.69, 9.17) is 5.11 Å². The third kappa shape index (κ3) is 5.90. The van der Waals surface area contributed by atoms with Gasteiger partial charge in [0.1, 0.15) is 0 Å². The van der Waals surface area contributed by atoms with Crippen molar-refractivity contribution in [1.82, 2.24) is 4.90 Å². The SMILES string of the molecule is CN(C)CCSCC(C)(O)C(=O)O. The largest absolute Gasteiger partial charge is 0.479 e. The number of carboxylic acids is 1. The molecule has 0 rings (SSSR count). The van der Waals surface area contributed by atoms with Crippen molar-refractivity contribution in [3.8, 4) is 0 Å². The van der Waals surface area contributed by atoms with Crippen LogP contribution in [0.3, 0.4) is 0 Å². The second-order valence-electron chi connectivity index (χ2n) is 3.43. The summed E-state index contributed by atoms with van der Waals surface area (Å²) in [6.45, 7) is 2.21. The van der Waals surface area contributed by atoms with Gasteiger partial charge >= 0.3 is 5.97 Å². The van der Waals surface area contributed by atoms with Crippen molar-refractivity contribution >= 4 is 17.7 Å². The molecular weight excluding hydrogens is 190 g/mol. The second kappa shape index (κ2) is 5.47. The molecule has 0 aromatic heterocycles. The van der Waals surface area contributed by atoms with E-state index in [1.165, 1.54) is 18.7 Å². The Morgan fingerprint density at radius 3 is 2.46 bits per heavy atom. The van der Waals surface area contributed by atoms with Gasteiger partial charge in [-0.1, -0.05) is 0 Å². The minimum absolute atomic E-state index is 0.232. The molecule has 1 atom stereocenters. The molecule has 0 aliphatic rings. The van der Waals surface area contributed by atoms with E-state index in [-0.39, 0.29) is 5.75 Å². The molecule has 0 aromatic carbocycles. The van der Waals surface area contributed by atoms with E-state index in [1.54, 1.807) is 0 Å². The van der Waals surface area contributed by atoms with E-state index in [2.05, 4.69) is 0 Å². The van der Waals surface area contributed by atoms with Crippen molar-refractivity contribution in [2.24, 2.45) is 0 Å². The van der Waals surface area contributed by atoms with Crippen LogP contribution in [0.2, 0.25) is 0 Å². The van der Waals surface area contributed by atoms with Crippen LogP contribution in [-0.2, 0) is 4.79 Å². The van der Waals surface area contributed by atoms with E-state index in [1.807, 2.05) is 19.0 Å². The average molecular weight is 207 g/mol. The molecule has 0 bridgehead atoms. The van der Waals surface area contributed by atoms with Gasteiger partial charge in [-0.25, -0.2) is 4.79 Å². The molecule has 0 spiro atoms. The highest BCUT2D eigenvalue weighted by Crippen LogP contribution is 2.12. The van der Waals surface area contributed by atoms with Crippen LogP contribution in [0.1, 0.15) is 6.92 Å². The molecule has 0 fully saturated rings. The molecule has 78 valence electrons. The van der Waals surface area contributed by atoms with Crippen LogP contribution in [0.25, 0.3) is 0 Å². The number of carboxylic acid groups (broad SMARTS) is 1. The van der Waals surface area contributed by atoms with Crippen LogP contribution in [0.4, 0.5) is 0 Å². The van der Waals surface area contributed by atoms with Gasteiger partial charge in [0.05, 0.1) is 0 Å². The Hall–Kier alpha value is -0.260. The number of thioether (sulfide) groups is 1. The van der Waals surface area contributed by atoms with Crippen molar-refractivity contribution in [2.75, 3.05) is 32.1 Å². The lowest BCUT2D eigenvalue weighted by molar-refractivity contribution is -0.154. The van der Waals surface area contributed by atoms with Crippen LogP contribution in [0, 0.1) is 0 Å². The molecule has 0 radical (unpaired) electrons. The molecule has 2 N–H and O–H groups in total. The molecule has 0 aliphatic heterocycles. The standard InChI is InChI=1S/C8H17NO3S/c1-8(12,7(10)11)6-13-5-4-9(2)3/h12H,4-6H2,1-3H3,(H,10,11). The van der Waals surface area contributed by atoms with Gasteiger partial charge < -0.3 is 15.1 Å². The fourth-order valence-electron chi connectivity index (χ4n) is 0.580. The summed E-state index contributed by atoms with van der Waals surface area (Å²) < 4.78 is 0. The van der Waals surface area contributed by atoms with Crippen LogP contribution in [0.5, 0.6) is 0 Å². The molecule has 0 saturated heterocycles. The predicted molar refractivity (Wildman–Crippen MR) is 54.1 cm³/mol. The Kier molecular flexibility index (Phi) is 5.36. The maximum atomic E-state index is 10.5. The van der Waals surface area contributed by atoms with E-state index in [9.17, 15) is 9.90 Å². The maximum Gasteiger partial charge on any atom is 0.336 e. The zero-order valence-corrected chi connectivity index (χ0v) is 9.10. The highest BCUT2D eigenvalue weighted by atomic mass is 32.2. The first kappa shape index (κ1) is 12.7. The number of aliphatic hydroxyl groups is 1. The molecule has 13 heavy (non-hydrogen) atoms. The highest BCUT2D eigenvalue weighted by Gasteiger charge is 2.29. The Balaban J connectivity index is 3.58. The normalized spacial score (nSPS) is 15.8. The van der Waals surface area contributed by atoms with E-state index in [0.29, 0.717) is 0 Å². The summed E-state index contributed by atoms with van der Waals surface area (Å²) >= 11 is 1.44. The van der Waals surface area contributed by atoms with E-state index >= 15 is 0 Å². The third-order valence-electron chi connectivity index (χ3n) is 1.53. The smallest absolute Gasteiger partial charge is 0.336 e. The summed E-state index contributed by atoms with van der Waals surface area (Å²) in [4.78, 5) is 12.5. The van der Waals surface area contributed by atoms with Crippen LogP contribution in [-0.4, -0.2) is 58.8 Å².